The van der Waals surface area contributed by atoms with Crippen LogP contribution in [0.15, 0.2) is 28.7 Å². The summed E-state index contributed by atoms with van der Waals surface area (Å²) in [5.41, 5.74) is 1.46. The number of hydrogen-bond donors (Lipinski definition) is 1. The van der Waals surface area contributed by atoms with E-state index in [0.717, 1.165) is 18.5 Å². The van der Waals surface area contributed by atoms with Crippen molar-refractivity contribution in [3.63, 3.8) is 0 Å². The summed E-state index contributed by atoms with van der Waals surface area (Å²) in [6, 6.07) is 9.48. The zero-order valence-corrected chi connectivity index (χ0v) is 13.0. The fourth-order valence-corrected chi connectivity index (χ4v) is 2.98. The van der Waals surface area contributed by atoms with Gasteiger partial charge in [0.2, 0.25) is 0 Å². The molecule has 0 aliphatic heterocycles. The maximum atomic E-state index is 3.70. The summed E-state index contributed by atoms with van der Waals surface area (Å²) in [6.07, 6.45) is 5.28. The van der Waals surface area contributed by atoms with Gasteiger partial charge in [0.15, 0.2) is 0 Å². The van der Waals surface area contributed by atoms with Gasteiger partial charge in [-0.1, -0.05) is 54.4 Å². The molecule has 1 fully saturated rings. The highest BCUT2D eigenvalue weighted by molar-refractivity contribution is 9.10. The summed E-state index contributed by atoms with van der Waals surface area (Å²) in [5, 5.41) is 3.69. The summed E-state index contributed by atoms with van der Waals surface area (Å²) in [7, 11) is 0. The summed E-state index contributed by atoms with van der Waals surface area (Å²) in [4.78, 5) is 0. The highest BCUT2D eigenvalue weighted by Crippen LogP contribution is 2.31. The molecule has 1 aromatic rings. The van der Waals surface area contributed by atoms with Crippen LogP contribution in [0.25, 0.3) is 0 Å². The van der Waals surface area contributed by atoms with Crippen molar-refractivity contribution in [3.05, 3.63) is 34.3 Å². The number of benzene rings is 1. The van der Waals surface area contributed by atoms with E-state index in [1.54, 1.807) is 0 Å². The van der Waals surface area contributed by atoms with Gasteiger partial charge in [0.05, 0.1) is 0 Å². The van der Waals surface area contributed by atoms with Crippen molar-refractivity contribution in [3.8, 4) is 0 Å². The number of rotatable bonds is 7. The minimum Gasteiger partial charge on any atom is -0.313 e. The molecule has 1 aliphatic rings. The van der Waals surface area contributed by atoms with Crippen LogP contribution >= 0.6 is 15.9 Å². The highest BCUT2D eigenvalue weighted by atomic mass is 79.9. The monoisotopic (exact) mass is 309 g/mol. The molecule has 2 rings (SSSR count). The molecule has 1 nitrogen and oxygen atoms in total. The van der Waals surface area contributed by atoms with Crippen LogP contribution < -0.4 is 5.32 Å². The van der Waals surface area contributed by atoms with Crippen molar-refractivity contribution in [2.24, 2.45) is 5.92 Å². The minimum absolute atomic E-state index is 0.635. The van der Waals surface area contributed by atoms with Gasteiger partial charge in [0, 0.05) is 17.1 Å². The fourth-order valence-electron chi connectivity index (χ4n) is 2.38. The van der Waals surface area contributed by atoms with Crippen molar-refractivity contribution < 1.29 is 0 Å². The van der Waals surface area contributed by atoms with Crippen molar-refractivity contribution in [2.75, 3.05) is 6.54 Å². The first-order valence-electron chi connectivity index (χ1n) is 7.18. The molecule has 2 atom stereocenters. The summed E-state index contributed by atoms with van der Waals surface area (Å²) in [6.45, 7) is 5.77. The average molecular weight is 310 g/mol. The molecule has 0 amide bonds. The normalized spacial score (nSPS) is 18.6. The SMILES string of the molecule is CCC(C)CC(CNC1CC1)c1ccccc1Br. The van der Waals surface area contributed by atoms with Crippen LogP contribution in [0.5, 0.6) is 0 Å². The van der Waals surface area contributed by atoms with E-state index in [2.05, 4.69) is 59.4 Å². The van der Waals surface area contributed by atoms with E-state index in [1.807, 2.05) is 0 Å². The molecule has 1 aromatic carbocycles. The minimum atomic E-state index is 0.635. The van der Waals surface area contributed by atoms with Gasteiger partial charge in [-0.3, -0.25) is 0 Å². The van der Waals surface area contributed by atoms with E-state index in [-0.39, 0.29) is 0 Å². The third-order valence-corrected chi connectivity index (χ3v) is 4.68. The molecule has 0 aromatic heterocycles. The van der Waals surface area contributed by atoms with E-state index in [9.17, 15) is 0 Å². The van der Waals surface area contributed by atoms with E-state index in [1.165, 1.54) is 35.7 Å². The molecule has 0 saturated heterocycles. The lowest BCUT2D eigenvalue weighted by atomic mass is 9.88. The van der Waals surface area contributed by atoms with Gasteiger partial charge in [-0.15, -0.1) is 0 Å². The number of nitrogens with one attached hydrogen (secondary N) is 1. The molecule has 0 heterocycles. The summed E-state index contributed by atoms with van der Waals surface area (Å²) in [5.74, 6) is 1.43. The molecule has 18 heavy (non-hydrogen) atoms. The van der Waals surface area contributed by atoms with Gasteiger partial charge in [0.25, 0.3) is 0 Å². The first-order valence-corrected chi connectivity index (χ1v) is 7.97. The Morgan fingerprint density at radius 1 is 1.33 bits per heavy atom. The Morgan fingerprint density at radius 3 is 2.67 bits per heavy atom. The molecule has 1 N–H and O–H groups in total. The van der Waals surface area contributed by atoms with Crippen molar-refractivity contribution in [1.82, 2.24) is 5.32 Å². The predicted octanol–water partition coefficient (Wildman–Crippen LogP) is 4.72. The molecule has 1 aliphatic carbocycles. The summed E-state index contributed by atoms with van der Waals surface area (Å²) >= 11 is 3.70. The summed E-state index contributed by atoms with van der Waals surface area (Å²) < 4.78 is 1.26. The molecule has 2 heteroatoms. The third-order valence-electron chi connectivity index (χ3n) is 3.96. The van der Waals surface area contributed by atoms with E-state index in [4.69, 9.17) is 0 Å². The van der Waals surface area contributed by atoms with Crippen LogP contribution in [0.2, 0.25) is 0 Å². The predicted molar refractivity (Wildman–Crippen MR) is 82.0 cm³/mol. The Balaban J connectivity index is 2.04. The Labute approximate surface area is 119 Å². The second-order valence-corrected chi connectivity index (χ2v) is 6.50. The first kappa shape index (κ1) is 14.1. The maximum Gasteiger partial charge on any atom is 0.0210 e. The zero-order valence-electron chi connectivity index (χ0n) is 11.5. The van der Waals surface area contributed by atoms with Gasteiger partial charge in [-0.25, -0.2) is 0 Å². The highest BCUT2D eigenvalue weighted by Gasteiger charge is 2.23. The van der Waals surface area contributed by atoms with Crippen molar-refractivity contribution in [1.29, 1.82) is 0 Å². The lowest BCUT2D eigenvalue weighted by Gasteiger charge is -2.22. The van der Waals surface area contributed by atoms with Gasteiger partial charge in [-0.05, 0) is 42.7 Å². The number of halogens is 1. The van der Waals surface area contributed by atoms with Crippen LogP contribution in [-0.2, 0) is 0 Å². The molecule has 0 radical (unpaired) electrons. The topological polar surface area (TPSA) is 12.0 Å². The van der Waals surface area contributed by atoms with Crippen molar-refractivity contribution in [2.45, 2.75) is 51.5 Å². The van der Waals surface area contributed by atoms with E-state index >= 15 is 0 Å². The first-order chi connectivity index (χ1) is 8.70. The second kappa shape index (κ2) is 6.72. The maximum absolute atomic E-state index is 3.70. The second-order valence-electron chi connectivity index (χ2n) is 5.65. The van der Waals surface area contributed by atoms with E-state index < -0.39 is 0 Å². The molecule has 1 saturated carbocycles. The van der Waals surface area contributed by atoms with Crippen LogP contribution in [-0.4, -0.2) is 12.6 Å². The third kappa shape index (κ3) is 4.10. The average Bonchev–Trinajstić information content (AvgIpc) is 3.19. The lowest BCUT2D eigenvalue weighted by Crippen LogP contribution is -2.25. The van der Waals surface area contributed by atoms with Gasteiger partial charge >= 0.3 is 0 Å². The van der Waals surface area contributed by atoms with Gasteiger partial charge in [-0.2, -0.15) is 0 Å². The van der Waals surface area contributed by atoms with Crippen molar-refractivity contribution >= 4 is 15.9 Å². The zero-order chi connectivity index (χ0) is 13.0. The molecule has 0 bridgehead atoms. The van der Waals surface area contributed by atoms with Crippen LogP contribution in [0, 0.1) is 5.92 Å². The standard InChI is InChI=1S/C16H24BrN/c1-3-12(2)10-13(11-18-14-8-9-14)15-6-4-5-7-16(15)17/h4-7,12-14,18H,3,8-11H2,1-2H3. The van der Waals surface area contributed by atoms with E-state index in [0.29, 0.717) is 5.92 Å². The van der Waals surface area contributed by atoms with Crippen LogP contribution in [0.3, 0.4) is 0 Å². The Hall–Kier alpha value is -0.340. The Kier molecular flexibility index (Phi) is 5.25. The van der Waals surface area contributed by atoms with Crippen LogP contribution in [0.4, 0.5) is 0 Å². The fraction of sp³-hybridized carbons (Fsp3) is 0.625. The molecule has 100 valence electrons. The van der Waals surface area contributed by atoms with Gasteiger partial charge < -0.3 is 5.32 Å². The van der Waals surface area contributed by atoms with Gasteiger partial charge in [0.1, 0.15) is 0 Å². The smallest absolute Gasteiger partial charge is 0.0210 e. The van der Waals surface area contributed by atoms with Crippen LogP contribution in [0.1, 0.15) is 51.0 Å². The molecule has 2 unspecified atom stereocenters. The molecular formula is C16H24BrN. The number of hydrogen-bond acceptors (Lipinski definition) is 1. The molecule has 0 spiro atoms. The molecular weight excluding hydrogens is 286 g/mol. The lowest BCUT2D eigenvalue weighted by molar-refractivity contribution is 0.434. The Morgan fingerprint density at radius 2 is 2.06 bits per heavy atom. The quantitative estimate of drug-likeness (QED) is 0.768. The Bertz CT molecular complexity index is 373. The largest absolute Gasteiger partial charge is 0.313 e.